The first-order valence-corrected chi connectivity index (χ1v) is 7.13. The summed E-state index contributed by atoms with van der Waals surface area (Å²) in [7, 11) is 0. The molecule has 0 aromatic carbocycles. The van der Waals surface area contributed by atoms with E-state index in [9.17, 15) is 4.79 Å². The third-order valence-electron chi connectivity index (χ3n) is 4.80. The Morgan fingerprint density at radius 1 is 1.21 bits per heavy atom. The van der Waals surface area contributed by atoms with Gasteiger partial charge in [0.15, 0.2) is 0 Å². The molecule has 3 rings (SSSR count). The van der Waals surface area contributed by atoms with Gasteiger partial charge >= 0.3 is 5.97 Å². The molecule has 1 aromatic rings. The monoisotopic (exact) mass is 260 g/mol. The Bertz CT molecular complexity index is 471. The van der Waals surface area contributed by atoms with Crippen LogP contribution >= 0.6 is 0 Å². The van der Waals surface area contributed by atoms with Crippen LogP contribution in [0.3, 0.4) is 0 Å². The van der Waals surface area contributed by atoms with E-state index < -0.39 is 5.97 Å². The van der Waals surface area contributed by atoms with Gasteiger partial charge in [-0.15, -0.1) is 0 Å². The molecule has 0 atom stereocenters. The third-order valence-corrected chi connectivity index (χ3v) is 4.80. The van der Waals surface area contributed by atoms with Crippen LogP contribution in [-0.2, 0) is 0 Å². The molecule has 2 heterocycles. The largest absolute Gasteiger partial charge is 0.478 e. The van der Waals surface area contributed by atoms with E-state index in [1.54, 1.807) is 18.3 Å². The molecule has 1 N–H and O–H groups in total. The molecule has 0 unspecified atom stereocenters. The zero-order valence-corrected chi connectivity index (χ0v) is 11.1. The number of carboxylic acids is 1. The second-order valence-corrected chi connectivity index (χ2v) is 5.90. The normalized spacial score (nSPS) is 21.8. The molecule has 0 bridgehead atoms. The van der Waals surface area contributed by atoms with E-state index in [1.165, 1.54) is 38.5 Å². The Morgan fingerprint density at radius 3 is 2.53 bits per heavy atom. The van der Waals surface area contributed by atoms with E-state index in [-0.39, 0.29) is 0 Å². The summed E-state index contributed by atoms with van der Waals surface area (Å²) >= 11 is 0. The maximum atomic E-state index is 11.0. The third kappa shape index (κ3) is 2.44. The Hall–Kier alpha value is -1.58. The number of aromatic carboxylic acids is 1. The summed E-state index contributed by atoms with van der Waals surface area (Å²) in [5, 5.41) is 9.03. The molecule has 19 heavy (non-hydrogen) atoms. The minimum atomic E-state index is -0.882. The first kappa shape index (κ1) is 12.5. The standard InChI is InChI=1S/C15H20N2O2/c18-14(19)12-3-8-16-13(11-12)17-9-6-15(7-10-17)4-1-2-5-15/h3,8,11H,1-2,4-7,9-10H2,(H,18,19). The van der Waals surface area contributed by atoms with Gasteiger partial charge in [-0.1, -0.05) is 12.8 Å². The molecule has 1 aliphatic heterocycles. The van der Waals surface area contributed by atoms with Crippen LogP contribution in [0, 0.1) is 5.41 Å². The number of carboxylic acid groups (broad SMARTS) is 1. The first-order chi connectivity index (χ1) is 9.19. The van der Waals surface area contributed by atoms with Gasteiger partial charge in [0.25, 0.3) is 0 Å². The van der Waals surface area contributed by atoms with Crippen molar-refractivity contribution in [2.45, 2.75) is 38.5 Å². The SMILES string of the molecule is O=C(O)c1ccnc(N2CCC3(CCCC3)CC2)c1. The number of hydrogen-bond acceptors (Lipinski definition) is 3. The summed E-state index contributed by atoms with van der Waals surface area (Å²) in [4.78, 5) is 17.5. The quantitative estimate of drug-likeness (QED) is 0.888. The molecular weight excluding hydrogens is 240 g/mol. The molecule has 1 aliphatic carbocycles. The summed E-state index contributed by atoms with van der Waals surface area (Å²) in [6.07, 6.45) is 9.57. The number of hydrogen-bond donors (Lipinski definition) is 1. The number of rotatable bonds is 2. The van der Waals surface area contributed by atoms with Crippen molar-refractivity contribution >= 4 is 11.8 Å². The van der Waals surface area contributed by atoms with E-state index in [0.29, 0.717) is 11.0 Å². The summed E-state index contributed by atoms with van der Waals surface area (Å²) in [5.41, 5.74) is 0.909. The van der Waals surface area contributed by atoms with Crippen LogP contribution in [0.4, 0.5) is 5.82 Å². The number of pyridine rings is 1. The number of aromatic nitrogens is 1. The number of anilines is 1. The fraction of sp³-hybridized carbons (Fsp3) is 0.600. The lowest BCUT2D eigenvalue weighted by Crippen LogP contribution is -2.39. The van der Waals surface area contributed by atoms with E-state index in [2.05, 4.69) is 9.88 Å². The molecule has 1 saturated carbocycles. The molecule has 1 spiro atoms. The van der Waals surface area contributed by atoms with Crippen molar-refractivity contribution in [1.29, 1.82) is 0 Å². The highest BCUT2D eigenvalue weighted by molar-refractivity contribution is 5.88. The molecule has 2 aliphatic rings. The molecule has 0 amide bonds. The second-order valence-electron chi connectivity index (χ2n) is 5.90. The van der Waals surface area contributed by atoms with Crippen molar-refractivity contribution in [1.82, 2.24) is 4.98 Å². The summed E-state index contributed by atoms with van der Waals surface area (Å²) < 4.78 is 0. The fourth-order valence-electron chi connectivity index (χ4n) is 3.56. The lowest BCUT2D eigenvalue weighted by Gasteiger charge is -2.40. The van der Waals surface area contributed by atoms with Crippen LogP contribution in [0.15, 0.2) is 18.3 Å². The Kier molecular flexibility index (Phi) is 3.17. The Balaban J connectivity index is 1.71. The van der Waals surface area contributed by atoms with Crippen LogP contribution in [0.2, 0.25) is 0 Å². The van der Waals surface area contributed by atoms with Crippen LogP contribution in [0.25, 0.3) is 0 Å². The minimum absolute atomic E-state index is 0.325. The van der Waals surface area contributed by atoms with E-state index in [4.69, 9.17) is 5.11 Å². The van der Waals surface area contributed by atoms with Gasteiger partial charge in [0.05, 0.1) is 5.56 Å². The molecule has 4 nitrogen and oxygen atoms in total. The predicted octanol–water partition coefficient (Wildman–Crippen LogP) is 2.94. The maximum Gasteiger partial charge on any atom is 0.335 e. The van der Waals surface area contributed by atoms with Gasteiger partial charge in [0, 0.05) is 19.3 Å². The highest BCUT2D eigenvalue weighted by Crippen LogP contribution is 2.46. The number of nitrogens with zero attached hydrogens (tertiary/aromatic N) is 2. The van der Waals surface area contributed by atoms with Gasteiger partial charge in [0.1, 0.15) is 5.82 Å². The average Bonchev–Trinajstić information content (AvgIpc) is 2.88. The molecule has 102 valence electrons. The van der Waals surface area contributed by atoms with Crippen LogP contribution in [0.5, 0.6) is 0 Å². The molecule has 1 saturated heterocycles. The highest BCUT2D eigenvalue weighted by Gasteiger charge is 2.37. The maximum absolute atomic E-state index is 11.0. The zero-order chi connectivity index (χ0) is 13.3. The minimum Gasteiger partial charge on any atom is -0.478 e. The molecular formula is C15H20N2O2. The van der Waals surface area contributed by atoms with Crippen molar-refractivity contribution in [2.24, 2.45) is 5.41 Å². The summed E-state index contributed by atoms with van der Waals surface area (Å²) in [6.45, 7) is 2.02. The molecule has 0 radical (unpaired) electrons. The van der Waals surface area contributed by atoms with Gasteiger partial charge < -0.3 is 10.0 Å². The smallest absolute Gasteiger partial charge is 0.335 e. The Labute approximate surface area is 113 Å². The van der Waals surface area contributed by atoms with Crippen molar-refractivity contribution < 1.29 is 9.90 Å². The van der Waals surface area contributed by atoms with Gasteiger partial charge in [-0.05, 0) is 43.2 Å². The molecule has 1 aromatic heterocycles. The van der Waals surface area contributed by atoms with Gasteiger partial charge in [-0.2, -0.15) is 0 Å². The first-order valence-electron chi connectivity index (χ1n) is 7.13. The van der Waals surface area contributed by atoms with Crippen LogP contribution < -0.4 is 4.90 Å². The molecule has 2 fully saturated rings. The molecule has 4 heteroatoms. The number of carbonyl (C=O) groups is 1. The van der Waals surface area contributed by atoms with E-state index in [1.807, 2.05) is 0 Å². The zero-order valence-electron chi connectivity index (χ0n) is 11.1. The van der Waals surface area contributed by atoms with Gasteiger partial charge in [0.2, 0.25) is 0 Å². The lowest BCUT2D eigenvalue weighted by molar-refractivity contribution is 0.0696. The summed E-state index contributed by atoms with van der Waals surface area (Å²) in [6, 6.07) is 3.24. The second kappa shape index (κ2) is 4.83. The highest BCUT2D eigenvalue weighted by atomic mass is 16.4. The predicted molar refractivity (Wildman–Crippen MR) is 73.5 cm³/mol. The van der Waals surface area contributed by atoms with Crippen LogP contribution in [0.1, 0.15) is 48.9 Å². The van der Waals surface area contributed by atoms with Crippen molar-refractivity contribution in [3.8, 4) is 0 Å². The number of piperidine rings is 1. The lowest BCUT2D eigenvalue weighted by atomic mass is 9.77. The van der Waals surface area contributed by atoms with Crippen LogP contribution in [-0.4, -0.2) is 29.1 Å². The summed E-state index contributed by atoms with van der Waals surface area (Å²) in [5.74, 6) is -0.0688. The van der Waals surface area contributed by atoms with E-state index in [0.717, 1.165) is 18.9 Å². The van der Waals surface area contributed by atoms with Crippen molar-refractivity contribution in [3.63, 3.8) is 0 Å². The van der Waals surface area contributed by atoms with Crippen molar-refractivity contribution in [2.75, 3.05) is 18.0 Å². The van der Waals surface area contributed by atoms with Gasteiger partial charge in [-0.25, -0.2) is 9.78 Å². The van der Waals surface area contributed by atoms with Gasteiger partial charge in [-0.3, -0.25) is 0 Å². The fourth-order valence-corrected chi connectivity index (χ4v) is 3.56. The average molecular weight is 260 g/mol. The Morgan fingerprint density at radius 2 is 1.89 bits per heavy atom. The topological polar surface area (TPSA) is 53.4 Å². The van der Waals surface area contributed by atoms with E-state index >= 15 is 0 Å². The van der Waals surface area contributed by atoms with Crippen molar-refractivity contribution in [3.05, 3.63) is 23.9 Å².